The van der Waals surface area contributed by atoms with E-state index in [-0.39, 0.29) is 5.41 Å². The Morgan fingerprint density at radius 3 is 2.94 bits per heavy atom. The summed E-state index contributed by atoms with van der Waals surface area (Å²) in [6, 6.07) is 10.8. The lowest BCUT2D eigenvalue weighted by atomic mass is 9.92. The van der Waals surface area contributed by atoms with E-state index in [0.29, 0.717) is 11.8 Å². The van der Waals surface area contributed by atoms with E-state index in [2.05, 4.69) is 18.2 Å². The molecule has 1 aromatic carbocycles. The van der Waals surface area contributed by atoms with E-state index in [9.17, 15) is 5.26 Å². The Hall–Kier alpha value is -1.49. The number of fused-ring (bicyclic) bond motifs is 1. The minimum Gasteiger partial charge on any atom is -0.496 e. The highest BCUT2D eigenvalue weighted by atomic mass is 16.5. The van der Waals surface area contributed by atoms with E-state index in [1.54, 1.807) is 7.11 Å². The van der Waals surface area contributed by atoms with Gasteiger partial charge in [0.15, 0.2) is 0 Å². The van der Waals surface area contributed by atoms with Gasteiger partial charge in [0, 0.05) is 0 Å². The molecule has 2 aliphatic carbocycles. The van der Waals surface area contributed by atoms with Crippen LogP contribution in [0.2, 0.25) is 0 Å². The van der Waals surface area contributed by atoms with Gasteiger partial charge >= 0.3 is 0 Å². The molecule has 88 valence electrons. The Kier molecular flexibility index (Phi) is 2.36. The standard InChI is InChI=1S/C15H17NO/c1-17-14-5-3-2-4-12(14)6-11-7-13-9-15(13,8-11)10-16/h2-5,11,13H,6-9H2,1H3. The number of hydrogen-bond acceptors (Lipinski definition) is 2. The lowest BCUT2D eigenvalue weighted by Gasteiger charge is -2.15. The summed E-state index contributed by atoms with van der Waals surface area (Å²) in [6.45, 7) is 0. The van der Waals surface area contributed by atoms with E-state index in [1.165, 1.54) is 12.0 Å². The number of hydrogen-bond donors (Lipinski definition) is 0. The Balaban J connectivity index is 1.71. The van der Waals surface area contributed by atoms with Crippen molar-refractivity contribution < 1.29 is 4.74 Å². The predicted octanol–water partition coefficient (Wildman–Crippen LogP) is 3.18. The van der Waals surface area contributed by atoms with Gasteiger partial charge in [0.25, 0.3) is 0 Å². The van der Waals surface area contributed by atoms with Crippen LogP contribution in [0.4, 0.5) is 0 Å². The molecule has 1 aromatic rings. The van der Waals surface area contributed by atoms with Crippen LogP contribution in [-0.2, 0) is 6.42 Å². The van der Waals surface area contributed by atoms with Gasteiger partial charge in [-0.25, -0.2) is 0 Å². The maximum absolute atomic E-state index is 9.18. The fraction of sp³-hybridized carbons (Fsp3) is 0.533. The minimum absolute atomic E-state index is 0.0622. The number of nitrogens with zero attached hydrogens (tertiary/aromatic N) is 1. The molecule has 0 N–H and O–H groups in total. The quantitative estimate of drug-likeness (QED) is 0.794. The average molecular weight is 227 g/mol. The first kappa shape index (κ1) is 10.7. The summed E-state index contributed by atoms with van der Waals surface area (Å²) in [5.74, 6) is 2.34. The normalized spacial score (nSPS) is 33.9. The number of benzene rings is 1. The van der Waals surface area contributed by atoms with Crippen LogP contribution < -0.4 is 4.74 Å². The van der Waals surface area contributed by atoms with E-state index in [4.69, 9.17) is 4.74 Å². The van der Waals surface area contributed by atoms with E-state index in [1.807, 2.05) is 12.1 Å². The molecule has 17 heavy (non-hydrogen) atoms. The average Bonchev–Trinajstić information content (AvgIpc) is 2.93. The second-order valence-corrected chi connectivity index (χ2v) is 5.49. The summed E-state index contributed by atoms with van der Waals surface area (Å²) < 4.78 is 5.38. The monoisotopic (exact) mass is 227 g/mol. The first-order valence-electron chi connectivity index (χ1n) is 6.30. The summed E-state index contributed by atoms with van der Waals surface area (Å²) >= 11 is 0. The zero-order chi connectivity index (χ0) is 11.9. The fourth-order valence-corrected chi connectivity index (χ4v) is 3.46. The molecule has 0 saturated heterocycles. The lowest BCUT2D eigenvalue weighted by Crippen LogP contribution is -2.05. The van der Waals surface area contributed by atoms with Crippen LogP contribution in [-0.4, -0.2) is 7.11 Å². The molecule has 3 unspecified atom stereocenters. The van der Waals surface area contributed by atoms with Crippen LogP contribution in [0.15, 0.2) is 24.3 Å². The summed E-state index contributed by atoms with van der Waals surface area (Å²) in [5, 5.41) is 9.18. The lowest BCUT2D eigenvalue weighted by molar-refractivity contribution is 0.398. The van der Waals surface area contributed by atoms with Crippen molar-refractivity contribution in [2.75, 3.05) is 7.11 Å². The second kappa shape index (κ2) is 3.77. The molecule has 0 aromatic heterocycles. The molecule has 0 aliphatic heterocycles. The number of nitriles is 1. The third-order valence-electron chi connectivity index (χ3n) is 4.43. The summed E-state index contributed by atoms with van der Waals surface area (Å²) in [6.07, 6.45) is 4.52. The SMILES string of the molecule is COc1ccccc1CC1CC2CC2(C#N)C1. The molecule has 3 atom stereocenters. The van der Waals surface area contributed by atoms with Crippen LogP contribution in [0.5, 0.6) is 5.75 Å². The van der Waals surface area contributed by atoms with Crippen molar-refractivity contribution in [3.63, 3.8) is 0 Å². The molecule has 2 saturated carbocycles. The van der Waals surface area contributed by atoms with Gasteiger partial charge in [-0.05, 0) is 49.1 Å². The van der Waals surface area contributed by atoms with Crippen LogP contribution >= 0.6 is 0 Å². The largest absolute Gasteiger partial charge is 0.496 e. The van der Waals surface area contributed by atoms with Crippen LogP contribution in [0, 0.1) is 28.6 Å². The first-order chi connectivity index (χ1) is 8.27. The molecule has 0 radical (unpaired) electrons. The zero-order valence-electron chi connectivity index (χ0n) is 10.1. The Morgan fingerprint density at radius 1 is 1.41 bits per heavy atom. The van der Waals surface area contributed by atoms with Crippen molar-refractivity contribution in [3.8, 4) is 11.8 Å². The van der Waals surface area contributed by atoms with Gasteiger partial charge in [0.05, 0.1) is 18.6 Å². The highest BCUT2D eigenvalue weighted by molar-refractivity contribution is 5.34. The highest BCUT2D eigenvalue weighted by Crippen LogP contribution is 2.65. The zero-order valence-corrected chi connectivity index (χ0v) is 10.1. The minimum atomic E-state index is 0.0622. The van der Waals surface area contributed by atoms with Crippen LogP contribution in [0.1, 0.15) is 24.8 Å². The first-order valence-corrected chi connectivity index (χ1v) is 6.30. The van der Waals surface area contributed by atoms with Crippen molar-refractivity contribution in [2.45, 2.75) is 25.7 Å². The summed E-state index contributed by atoms with van der Waals surface area (Å²) in [7, 11) is 1.72. The molecule has 3 rings (SSSR count). The smallest absolute Gasteiger partial charge is 0.122 e. The number of ether oxygens (including phenoxy) is 1. The molecular formula is C15H17NO. The van der Waals surface area contributed by atoms with Crippen molar-refractivity contribution in [2.24, 2.45) is 17.3 Å². The van der Waals surface area contributed by atoms with E-state index >= 15 is 0 Å². The van der Waals surface area contributed by atoms with Gasteiger partial charge in [-0.1, -0.05) is 18.2 Å². The van der Waals surface area contributed by atoms with E-state index < -0.39 is 0 Å². The van der Waals surface area contributed by atoms with Crippen LogP contribution in [0.3, 0.4) is 0 Å². The number of rotatable bonds is 3. The third kappa shape index (κ3) is 1.70. The molecule has 2 aliphatic rings. The number of para-hydroxylation sites is 1. The van der Waals surface area contributed by atoms with Crippen molar-refractivity contribution in [1.29, 1.82) is 5.26 Å². The van der Waals surface area contributed by atoms with Gasteiger partial charge in [-0.2, -0.15) is 5.26 Å². The van der Waals surface area contributed by atoms with Crippen molar-refractivity contribution >= 4 is 0 Å². The molecule has 0 heterocycles. The van der Waals surface area contributed by atoms with Gasteiger partial charge in [0.2, 0.25) is 0 Å². The van der Waals surface area contributed by atoms with Gasteiger partial charge in [-0.3, -0.25) is 0 Å². The van der Waals surface area contributed by atoms with Crippen molar-refractivity contribution in [1.82, 2.24) is 0 Å². The summed E-state index contributed by atoms with van der Waals surface area (Å²) in [5.41, 5.74) is 1.35. The molecule has 2 heteroatoms. The Labute approximate surface area is 102 Å². The maximum atomic E-state index is 9.18. The van der Waals surface area contributed by atoms with Crippen LogP contribution in [0.25, 0.3) is 0 Å². The second-order valence-electron chi connectivity index (χ2n) is 5.49. The Morgan fingerprint density at radius 2 is 2.24 bits per heavy atom. The molecular weight excluding hydrogens is 210 g/mol. The molecule has 0 bridgehead atoms. The Bertz CT molecular complexity index is 476. The fourth-order valence-electron chi connectivity index (χ4n) is 3.46. The summed E-state index contributed by atoms with van der Waals surface area (Å²) in [4.78, 5) is 0. The highest BCUT2D eigenvalue weighted by Gasteiger charge is 2.60. The molecule has 0 amide bonds. The topological polar surface area (TPSA) is 33.0 Å². The van der Waals surface area contributed by atoms with Gasteiger partial charge < -0.3 is 4.74 Å². The van der Waals surface area contributed by atoms with Crippen molar-refractivity contribution in [3.05, 3.63) is 29.8 Å². The predicted molar refractivity (Wildman–Crippen MR) is 65.6 cm³/mol. The molecule has 2 nitrogen and oxygen atoms in total. The third-order valence-corrected chi connectivity index (χ3v) is 4.43. The molecule has 2 fully saturated rings. The van der Waals surface area contributed by atoms with E-state index in [0.717, 1.165) is 25.0 Å². The van der Waals surface area contributed by atoms with Gasteiger partial charge in [-0.15, -0.1) is 0 Å². The molecule has 0 spiro atoms. The maximum Gasteiger partial charge on any atom is 0.122 e. The van der Waals surface area contributed by atoms with Gasteiger partial charge in [0.1, 0.15) is 5.75 Å². The number of methoxy groups -OCH3 is 1.